The van der Waals surface area contributed by atoms with Crippen LogP contribution in [0.2, 0.25) is 0 Å². The lowest BCUT2D eigenvalue weighted by Gasteiger charge is -2.25. The van der Waals surface area contributed by atoms with E-state index in [0.717, 1.165) is 24.5 Å². The van der Waals surface area contributed by atoms with Crippen molar-refractivity contribution in [2.45, 2.75) is 19.4 Å². The molecule has 1 aliphatic rings. The molecule has 0 saturated carbocycles. The van der Waals surface area contributed by atoms with Gasteiger partial charge in [0.1, 0.15) is 11.5 Å². The molecule has 1 aliphatic heterocycles. The lowest BCUT2D eigenvalue weighted by atomic mass is 10.1. The molecule has 0 saturated heterocycles. The summed E-state index contributed by atoms with van der Waals surface area (Å²) >= 11 is 1.75. The molecule has 1 atom stereocenters. The number of aryl methyl sites for hydroxylation is 2. The second kappa shape index (κ2) is 4.73. The lowest BCUT2D eigenvalue weighted by Crippen LogP contribution is -2.25. The third-order valence-corrected chi connectivity index (χ3v) is 5.09. The van der Waals surface area contributed by atoms with Crippen LogP contribution in [0.15, 0.2) is 29.8 Å². The molecule has 3 aromatic rings. The zero-order valence-corrected chi connectivity index (χ0v) is 12.9. The largest absolute Gasteiger partial charge is 0.370 e. The maximum atomic E-state index is 4.86. The Balaban J connectivity index is 1.80. The van der Waals surface area contributed by atoms with E-state index in [-0.39, 0.29) is 6.04 Å². The van der Waals surface area contributed by atoms with Crippen LogP contribution in [0, 0.1) is 6.92 Å². The monoisotopic (exact) mass is 299 g/mol. The minimum Gasteiger partial charge on any atom is -0.370 e. The molecular weight excluding hydrogens is 282 g/mol. The Morgan fingerprint density at radius 1 is 1.38 bits per heavy atom. The summed E-state index contributed by atoms with van der Waals surface area (Å²) in [5.74, 6) is 1.09. The average molecular weight is 299 g/mol. The smallest absolute Gasteiger partial charge is 0.125 e. The fourth-order valence-corrected chi connectivity index (χ4v) is 3.84. The lowest BCUT2D eigenvalue weighted by molar-refractivity contribution is 0.453. The molecule has 0 bridgehead atoms. The van der Waals surface area contributed by atoms with E-state index in [2.05, 4.69) is 45.6 Å². The first kappa shape index (κ1) is 12.6. The minimum atomic E-state index is 0.253. The molecule has 5 nitrogen and oxygen atoms in total. The van der Waals surface area contributed by atoms with Crippen molar-refractivity contribution >= 4 is 17.2 Å². The van der Waals surface area contributed by atoms with Crippen LogP contribution in [0.4, 0.5) is 5.82 Å². The summed E-state index contributed by atoms with van der Waals surface area (Å²) in [6.45, 7) is 3.10. The van der Waals surface area contributed by atoms with E-state index in [0.29, 0.717) is 0 Å². The Hall–Kier alpha value is -2.08. The predicted molar refractivity (Wildman–Crippen MR) is 84.7 cm³/mol. The molecule has 4 rings (SSSR count). The second-order valence-electron chi connectivity index (χ2n) is 5.40. The molecular formula is C15H17N5S. The number of aromatic nitrogens is 4. The third-order valence-electron chi connectivity index (χ3n) is 4.05. The molecule has 0 amide bonds. The van der Waals surface area contributed by atoms with Gasteiger partial charge < -0.3 is 5.32 Å². The quantitative estimate of drug-likeness (QED) is 0.791. The number of nitrogens with zero attached hydrogens (tertiary/aromatic N) is 4. The van der Waals surface area contributed by atoms with Gasteiger partial charge in [0, 0.05) is 25.9 Å². The summed E-state index contributed by atoms with van der Waals surface area (Å²) in [4.78, 5) is 1.25. The van der Waals surface area contributed by atoms with E-state index < -0.39 is 0 Å². The van der Waals surface area contributed by atoms with Crippen LogP contribution in [0.1, 0.15) is 23.7 Å². The van der Waals surface area contributed by atoms with Crippen molar-refractivity contribution in [1.82, 2.24) is 19.6 Å². The van der Waals surface area contributed by atoms with Gasteiger partial charge in [-0.15, -0.1) is 11.3 Å². The van der Waals surface area contributed by atoms with Crippen LogP contribution in [0.25, 0.3) is 10.6 Å². The van der Waals surface area contributed by atoms with Gasteiger partial charge in [-0.1, -0.05) is 0 Å². The molecule has 0 radical (unpaired) electrons. The Kier molecular flexibility index (Phi) is 2.85. The highest BCUT2D eigenvalue weighted by Gasteiger charge is 2.25. The fourth-order valence-electron chi connectivity index (χ4n) is 2.95. The summed E-state index contributed by atoms with van der Waals surface area (Å²) in [6.07, 6.45) is 2.88. The maximum Gasteiger partial charge on any atom is 0.125 e. The van der Waals surface area contributed by atoms with Crippen LogP contribution >= 0.6 is 11.3 Å². The Morgan fingerprint density at radius 3 is 3.00 bits per heavy atom. The van der Waals surface area contributed by atoms with E-state index in [1.807, 2.05) is 17.9 Å². The zero-order valence-electron chi connectivity index (χ0n) is 12.1. The molecule has 0 spiro atoms. The van der Waals surface area contributed by atoms with Gasteiger partial charge in [0.15, 0.2) is 0 Å². The van der Waals surface area contributed by atoms with Gasteiger partial charge in [-0.25, -0.2) is 4.68 Å². The normalized spacial score (nSPS) is 17.5. The minimum absolute atomic E-state index is 0.253. The number of hydrogen-bond donors (Lipinski definition) is 1. The van der Waals surface area contributed by atoms with Gasteiger partial charge in [0.05, 0.1) is 16.6 Å². The first-order chi connectivity index (χ1) is 10.2. The standard InChI is InChI=1S/C15H17N5S/c1-10-5-8-21-15(10)11-9-14-16-6-3-13(20(14)18-11)12-4-7-17-19(12)2/h4-5,7-9,13,16H,3,6H2,1-2H3. The van der Waals surface area contributed by atoms with Gasteiger partial charge in [0.2, 0.25) is 0 Å². The highest BCUT2D eigenvalue weighted by Crippen LogP contribution is 2.35. The van der Waals surface area contributed by atoms with Crippen molar-refractivity contribution in [2.24, 2.45) is 7.05 Å². The van der Waals surface area contributed by atoms with Gasteiger partial charge in [-0.05, 0) is 36.4 Å². The van der Waals surface area contributed by atoms with Crippen molar-refractivity contribution < 1.29 is 0 Å². The summed E-state index contributed by atoms with van der Waals surface area (Å²) < 4.78 is 4.05. The summed E-state index contributed by atoms with van der Waals surface area (Å²) in [7, 11) is 1.99. The first-order valence-electron chi connectivity index (χ1n) is 7.10. The van der Waals surface area contributed by atoms with Gasteiger partial charge in [-0.2, -0.15) is 10.2 Å². The van der Waals surface area contributed by atoms with Crippen LogP contribution in [0.5, 0.6) is 0 Å². The van der Waals surface area contributed by atoms with E-state index in [1.54, 1.807) is 11.3 Å². The highest BCUT2D eigenvalue weighted by atomic mass is 32.1. The zero-order chi connectivity index (χ0) is 14.4. The Labute approximate surface area is 127 Å². The van der Waals surface area contributed by atoms with Crippen molar-refractivity contribution in [3.63, 3.8) is 0 Å². The van der Waals surface area contributed by atoms with E-state index in [4.69, 9.17) is 5.10 Å². The van der Waals surface area contributed by atoms with Crippen LogP contribution in [-0.4, -0.2) is 26.1 Å². The second-order valence-corrected chi connectivity index (χ2v) is 6.32. The Morgan fingerprint density at radius 2 is 2.29 bits per heavy atom. The molecule has 1 unspecified atom stereocenters. The number of nitrogens with one attached hydrogen (secondary N) is 1. The Bertz CT molecular complexity index is 782. The molecule has 1 N–H and O–H groups in total. The maximum absolute atomic E-state index is 4.86. The molecule has 0 aromatic carbocycles. The van der Waals surface area contributed by atoms with Crippen LogP contribution in [-0.2, 0) is 7.05 Å². The van der Waals surface area contributed by atoms with Gasteiger partial charge >= 0.3 is 0 Å². The third kappa shape index (κ3) is 1.98. The molecule has 6 heteroatoms. The van der Waals surface area contributed by atoms with Gasteiger partial charge in [-0.3, -0.25) is 4.68 Å². The first-order valence-corrected chi connectivity index (χ1v) is 7.98. The van der Waals surface area contributed by atoms with E-state index in [1.165, 1.54) is 16.1 Å². The number of rotatable bonds is 2. The molecule has 21 heavy (non-hydrogen) atoms. The number of hydrogen-bond acceptors (Lipinski definition) is 4. The van der Waals surface area contributed by atoms with Crippen molar-refractivity contribution in [2.75, 3.05) is 11.9 Å². The van der Waals surface area contributed by atoms with Gasteiger partial charge in [0.25, 0.3) is 0 Å². The molecule has 3 aromatic heterocycles. The number of thiophene rings is 1. The summed E-state index contributed by atoms with van der Waals surface area (Å²) in [5, 5.41) is 14.7. The molecule has 108 valence electrons. The molecule has 0 fully saturated rings. The van der Waals surface area contributed by atoms with Crippen molar-refractivity contribution in [3.05, 3.63) is 41.0 Å². The average Bonchev–Trinajstić information content (AvgIpc) is 3.16. The summed E-state index contributed by atoms with van der Waals surface area (Å²) in [6, 6.07) is 6.63. The predicted octanol–water partition coefficient (Wildman–Crippen LogP) is 3.06. The van der Waals surface area contributed by atoms with Crippen molar-refractivity contribution in [1.29, 1.82) is 0 Å². The van der Waals surface area contributed by atoms with Crippen LogP contribution in [0.3, 0.4) is 0 Å². The van der Waals surface area contributed by atoms with Crippen molar-refractivity contribution in [3.8, 4) is 10.6 Å². The summed E-state index contributed by atoms with van der Waals surface area (Å²) in [5.41, 5.74) is 3.54. The van der Waals surface area contributed by atoms with E-state index in [9.17, 15) is 0 Å². The number of fused-ring (bicyclic) bond motifs is 1. The van der Waals surface area contributed by atoms with Crippen LogP contribution < -0.4 is 5.32 Å². The molecule has 0 aliphatic carbocycles. The van der Waals surface area contributed by atoms with E-state index >= 15 is 0 Å². The molecule has 4 heterocycles. The topological polar surface area (TPSA) is 47.7 Å². The number of anilines is 1. The highest BCUT2D eigenvalue weighted by molar-refractivity contribution is 7.13. The fraction of sp³-hybridized carbons (Fsp3) is 0.333. The SMILES string of the molecule is Cc1ccsc1-c1cc2n(n1)C(c1ccnn1C)CCN2.